The number of carbonyl (C=O) groups is 1. The first-order valence-corrected chi connectivity index (χ1v) is 6.67. The highest BCUT2D eigenvalue weighted by molar-refractivity contribution is 8.00. The second-order valence-corrected chi connectivity index (χ2v) is 5.14. The zero-order valence-corrected chi connectivity index (χ0v) is 10.4. The van der Waals surface area contributed by atoms with Gasteiger partial charge in [0.05, 0.1) is 12.3 Å². The Hall–Kier alpha value is -1.86. The number of rotatable bonds is 2. The molecule has 2 aromatic rings. The predicted octanol–water partition coefficient (Wildman–Crippen LogP) is 2.64. The predicted molar refractivity (Wildman–Crippen MR) is 72.0 cm³/mol. The Morgan fingerprint density at radius 2 is 2.33 bits per heavy atom. The third-order valence-electron chi connectivity index (χ3n) is 2.92. The fraction of sp³-hybridized carbons (Fsp3) is 0.214. The minimum absolute atomic E-state index is 0.0726. The van der Waals surface area contributed by atoms with Gasteiger partial charge in [-0.25, -0.2) is 0 Å². The number of carbonyl (C=O) groups excluding carboxylic acids is 1. The third kappa shape index (κ3) is 1.77. The zero-order chi connectivity index (χ0) is 12.5. The monoisotopic (exact) mass is 257 g/mol. The van der Waals surface area contributed by atoms with Gasteiger partial charge in [-0.2, -0.15) is 0 Å². The van der Waals surface area contributed by atoms with Crippen molar-refractivity contribution in [1.29, 1.82) is 0 Å². The second kappa shape index (κ2) is 4.43. The Bertz CT molecular complexity index is 608. The van der Waals surface area contributed by atoms with Crippen LogP contribution in [0, 0.1) is 12.3 Å². The zero-order valence-electron chi connectivity index (χ0n) is 9.63. The molecule has 0 bridgehead atoms. The molecule has 1 aromatic heterocycles. The molecular weight excluding hydrogens is 246 g/mol. The first-order chi connectivity index (χ1) is 8.79. The van der Waals surface area contributed by atoms with Crippen LogP contribution >= 0.6 is 11.8 Å². The Morgan fingerprint density at radius 1 is 1.50 bits per heavy atom. The minimum atomic E-state index is -0.0963. The van der Waals surface area contributed by atoms with Crippen LogP contribution in [0.15, 0.2) is 34.7 Å². The van der Waals surface area contributed by atoms with E-state index < -0.39 is 0 Å². The molecule has 90 valence electrons. The van der Waals surface area contributed by atoms with E-state index in [0.29, 0.717) is 12.3 Å². The van der Waals surface area contributed by atoms with Crippen molar-refractivity contribution in [3.63, 3.8) is 0 Å². The van der Waals surface area contributed by atoms with Crippen molar-refractivity contribution >= 4 is 28.6 Å². The molecule has 0 N–H and O–H groups in total. The quantitative estimate of drug-likeness (QED) is 0.775. The maximum Gasteiger partial charge on any atom is 0.234 e. The van der Waals surface area contributed by atoms with Gasteiger partial charge in [-0.05, 0) is 12.1 Å². The number of hydrogen-bond donors (Lipinski definition) is 0. The van der Waals surface area contributed by atoms with Crippen LogP contribution in [0.1, 0.15) is 11.1 Å². The van der Waals surface area contributed by atoms with E-state index in [-0.39, 0.29) is 11.3 Å². The number of fused-ring (bicyclic) bond motifs is 1. The normalized spacial score (nSPS) is 19.4. The van der Waals surface area contributed by atoms with E-state index in [1.807, 2.05) is 30.3 Å². The van der Waals surface area contributed by atoms with Crippen molar-refractivity contribution in [3.05, 3.63) is 36.1 Å². The van der Waals surface area contributed by atoms with E-state index in [1.165, 1.54) is 0 Å². The molecule has 3 rings (SSSR count). The highest BCUT2D eigenvalue weighted by atomic mass is 32.2. The van der Waals surface area contributed by atoms with E-state index in [4.69, 9.17) is 10.8 Å². The van der Waals surface area contributed by atoms with Gasteiger partial charge in [0.25, 0.3) is 0 Å². The summed E-state index contributed by atoms with van der Waals surface area (Å²) in [5, 5.41) is 0.953. The Morgan fingerprint density at radius 3 is 3.11 bits per heavy atom. The van der Waals surface area contributed by atoms with Crippen molar-refractivity contribution in [2.75, 3.05) is 12.3 Å². The average molecular weight is 257 g/mol. The summed E-state index contributed by atoms with van der Waals surface area (Å²) >= 11 is 1.55. The van der Waals surface area contributed by atoms with Gasteiger partial charge in [0.2, 0.25) is 5.91 Å². The van der Waals surface area contributed by atoms with E-state index in [0.717, 1.165) is 16.7 Å². The van der Waals surface area contributed by atoms with Crippen LogP contribution in [0.5, 0.6) is 0 Å². The van der Waals surface area contributed by atoms with Crippen LogP contribution in [0.2, 0.25) is 0 Å². The molecule has 1 amide bonds. The lowest BCUT2D eigenvalue weighted by molar-refractivity contribution is -0.127. The molecule has 3 nitrogen and oxygen atoms in total. The molecule has 4 heteroatoms. The summed E-state index contributed by atoms with van der Waals surface area (Å²) in [4.78, 5) is 13.4. The smallest absolute Gasteiger partial charge is 0.234 e. The Labute approximate surface area is 109 Å². The van der Waals surface area contributed by atoms with Crippen LogP contribution in [0.25, 0.3) is 11.0 Å². The maximum atomic E-state index is 11.7. The van der Waals surface area contributed by atoms with Gasteiger partial charge in [0, 0.05) is 5.39 Å². The van der Waals surface area contributed by atoms with Crippen LogP contribution < -0.4 is 0 Å². The van der Waals surface area contributed by atoms with Crippen LogP contribution in [-0.4, -0.2) is 23.1 Å². The van der Waals surface area contributed by atoms with Crippen LogP contribution in [0.4, 0.5) is 0 Å². The van der Waals surface area contributed by atoms with Crippen molar-refractivity contribution < 1.29 is 9.21 Å². The van der Waals surface area contributed by atoms with E-state index >= 15 is 0 Å². The molecule has 1 aliphatic rings. The maximum absolute atomic E-state index is 11.7. The van der Waals surface area contributed by atoms with Crippen molar-refractivity contribution in [2.45, 2.75) is 5.37 Å². The van der Waals surface area contributed by atoms with Crippen molar-refractivity contribution in [1.82, 2.24) is 4.90 Å². The molecule has 1 saturated heterocycles. The molecule has 0 radical (unpaired) electrons. The number of hydrogen-bond acceptors (Lipinski definition) is 3. The molecule has 0 spiro atoms. The standard InChI is InChI=1S/C14H11NO2S/c1-2-7-15-13(16)9-18-14(15)12-8-10-5-3-4-6-11(10)17-12/h1,3-6,8,14H,7,9H2. The highest BCUT2D eigenvalue weighted by Gasteiger charge is 2.34. The first kappa shape index (κ1) is 11.2. The molecule has 0 saturated carbocycles. The third-order valence-corrected chi connectivity index (χ3v) is 4.13. The molecular formula is C14H11NO2S. The lowest BCUT2D eigenvalue weighted by atomic mass is 10.2. The summed E-state index contributed by atoms with van der Waals surface area (Å²) in [7, 11) is 0. The molecule has 0 aliphatic carbocycles. The highest BCUT2D eigenvalue weighted by Crippen LogP contribution is 2.40. The van der Waals surface area contributed by atoms with Gasteiger partial charge in [0.1, 0.15) is 16.7 Å². The molecule has 1 aromatic carbocycles. The van der Waals surface area contributed by atoms with E-state index in [9.17, 15) is 4.79 Å². The first-order valence-electron chi connectivity index (χ1n) is 5.62. The van der Waals surface area contributed by atoms with Crippen molar-refractivity contribution in [3.8, 4) is 12.3 Å². The summed E-state index contributed by atoms with van der Waals surface area (Å²) in [6.45, 7) is 0.327. The summed E-state index contributed by atoms with van der Waals surface area (Å²) < 4.78 is 5.79. The summed E-state index contributed by atoms with van der Waals surface area (Å²) in [5.41, 5.74) is 0.841. The largest absolute Gasteiger partial charge is 0.458 e. The average Bonchev–Trinajstić information content (AvgIpc) is 2.94. The number of benzene rings is 1. The van der Waals surface area contributed by atoms with Gasteiger partial charge in [-0.3, -0.25) is 4.79 Å². The molecule has 1 aliphatic heterocycles. The van der Waals surface area contributed by atoms with E-state index in [1.54, 1.807) is 16.7 Å². The van der Waals surface area contributed by atoms with Gasteiger partial charge in [-0.15, -0.1) is 18.2 Å². The summed E-state index contributed by atoms with van der Waals surface area (Å²) in [6, 6.07) is 9.80. The number of para-hydroxylation sites is 1. The second-order valence-electron chi connectivity index (χ2n) is 4.08. The number of thioether (sulfide) groups is 1. The summed E-state index contributed by atoms with van der Waals surface area (Å²) in [6.07, 6.45) is 5.30. The molecule has 1 fully saturated rings. The lowest BCUT2D eigenvalue weighted by Crippen LogP contribution is -2.28. The number of furan rings is 1. The van der Waals surface area contributed by atoms with Crippen LogP contribution in [-0.2, 0) is 4.79 Å². The topological polar surface area (TPSA) is 33.5 Å². The molecule has 2 heterocycles. The number of terminal acetylenes is 1. The molecule has 18 heavy (non-hydrogen) atoms. The molecule has 1 atom stereocenters. The minimum Gasteiger partial charge on any atom is -0.458 e. The van der Waals surface area contributed by atoms with E-state index in [2.05, 4.69) is 5.92 Å². The molecule has 1 unspecified atom stereocenters. The van der Waals surface area contributed by atoms with Gasteiger partial charge >= 0.3 is 0 Å². The summed E-state index contributed by atoms with van der Waals surface area (Å²) in [5.74, 6) is 3.85. The van der Waals surface area contributed by atoms with Gasteiger partial charge in [0.15, 0.2) is 0 Å². The van der Waals surface area contributed by atoms with Crippen LogP contribution in [0.3, 0.4) is 0 Å². The Balaban J connectivity index is 1.98. The number of amides is 1. The van der Waals surface area contributed by atoms with Gasteiger partial charge < -0.3 is 9.32 Å². The fourth-order valence-corrected chi connectivity index (χ4v) is 3.20. The van der Waals surface area contributed by atoms with Crippen molar-refractivity contribution in [2.24, 2.45) is 0 Å². The lowest BCUT2D eigenvalue weighted by Gasteiger charge is -2.19. The number of nitrogens with zero attached hydrogens (tertiary/aromatic N) is 1. The fourth-order valence-electron chi connectivity index (χ4n) is 2.08. The Kier molecular flexibility index (Phi) is 2.77. The SMILES string of the molecule is C#CCN1C(=O)CSC1c1cc2ccccc2o1. The van der Waals surface area contributed by atoms with Gasteiger partial charge in [-0.1, -0.05) is 24.1 Å².